The number of nitrogens with zero attached hydrogens (tertiary/aromatic N) is 3. The molecular weight excluding hydrogens is 310 g/mol. The Morgan fingerprint density at radius 3 is 3.00 bits per heavy atom. The minimum atomic E-state index is -0.282. The van der Waals surface area contributed by atoms with Crippen LogP contribution in [0, 0.1) is 0 Å². The molecule has 0 aromatic carbocycles. The number of hydrogen-bond acceptors (Lipinski definition) is 5. The standard InChI is InChI=1S/C8H8BrN5O2S/c1-2-14-7(16)12-13-8(14)17-6-4(9)5(15)10-3-11-6/h3H,2H2,1H3,(H,12,16)(H,10,11,15). The molecule has 0 saturated heterocycles. The Kier molecular flexibility index (Phi) is 3.48. The molecule has 17 heavy (non-hydrogen) atoms. The summed E-state index contributed by atoms with van der Waals surface area (Å²) < 4.78 is 1.78. The topological polar surface area (TPSA) is 96.4 Å². The van der Waals surface area contributed by atoms with Crippen molar-refractivity contribution in [1.29, 1.82) is 0 Å². The van der Waals surface area contributed by atoms with Crippen molar-refractivity contribution in [3.63, 3.8) is 0 Å². The Labute approximate surface area is 108 Å². The van der Waals surface area contributed by atoms with Gasteiger partial charge in [-0.1, -0.05) is 0 Å². The molecule has 0 aliphatic heterocycles. The highest BCUT2D eigenvalue weighted by Gasteiger charge is 2.13. The molecule has 0 bridgehead atoms. The lowest BCUT2D eigenvalue weighted by Gasteiger charge is -2.02. The number of rotatable bonds is 3. The minimum Gasteiger partial charge on any atom is -0.312 e. The van der Waals surface area contributed by atoms with Gasteiger partial charge in [0, 0.05) is 6.54 Å². The molecular formula is C8H8BrN5O2S. The van der Waals surface area contributed by atoms with Gasteiger partial charge in [0.25, 0.3) is 5.56 Å². The van der Waals surface area contributed by atoms with Crippen LogP contribution in [-0.2, 0) is 6.54 Å². The molecule has 7 nitrogen and oxygen atoms in total. The van der Waals surface area contributed by atoms with Crippen molar-refractivity contribution in [1.82, 2.24) is 24.7 Å². The first-order valence-electron chi connectivity index (χ1n) is 4.69. The van der Waals surface area contributed by atoms with E-state index in [0.717, 1.165) is 11.8 Å². The molecule has 0 radical (unpaired) electrons. The summed E-state index contributed by atoms with van der Waals surface area (Å²) in [5.41, 5.74) is -0.556. The van der Waals surface area contributed by atoms with Gasteiger partial charge in [0.15, 0.2) is 5.16 Å². The summed E-state index contributed by atoms with van der Waals surface area (Å²) in [5, 5.41) is 7.15. The third-order valence-corrected chi connectivity index (χ3v) is 3.99. The first-order valence-corrected chi connectivity index (χ1v) is 6.30. The second-order valence-corrected chi connectivity index (χ2v) is 4.76. The number of hydrogen-bond donors (Lipinski definition) is 2. The maximum Gasteiger partial charge on any atom is 0.343 e. The van der Waals surface area contributed by atoms with Crippen molar-refractivity contribution < 1.29 is 0 Å². The second kappa shape index (κ2) is 4.88. The van der Waals surface area contributed by atoms with E-state index in [-0.39, 0.29) is 11.2 Å². The molecule has 2 heterocycles. The lowest BCUT2D eigenvalue weighted by molar-refractivity contribution is 0.660. The molecule has 2 aromatic heterocycles. The van der Waals surface area contributed by atoms with Crippen LogP contribution in [0.25, 0.3) is 0 Å². The molecule has 0 saturated carbocycles. The van der Waals surface area contributed by atoms with Gasteiger partial charge in [-0.05, 0) is 34.6 Å². The van der Waals surface area contributed by atoms with Gasteiger partial charge in [0.2, 0.25) is 0 Å². The largest absolute Gasteiger partial charge is 0.343 e. The summed E-state index contributed by atoms with van der Waals surface area (Å²) >= 11 is 4.28. The number of nitrogens with one attached hydrogen (secondary N) is 2. The zero-order valence-corrected chi connectivity index (χ0v) is 11.1. The van der Waals surface area contributed by atoms with Crippen molar-refractivity contribution in [2.45, 2.75) is 23.7 Å². The Morgan fingerprint density at radius 1 is 1.53 bits per heavy atom. The molecule has 90 valence electrons. The summed E-state index contributed by atoms with van der Waals surface area (Å²) in [7, 11) is 0. The predicted molar refractivity (Wildman–Crippen MR) is 65.2 cm³/mol. The lowest BCUT2D eigenvalue weighted by Crippen LogP contribution is -2.16. The van der Waals surface area contributed by atoms with E-state index in [1.165, 1.54) is 10.9 Å². The van der Waals surface area contributed by atoms with Crippen molar-refractivity contribution in [2.24, 2.45) is 0 Å². The van der Waals surface area contributed by atoms with Crippen LogP contribution in [0.5, 0.6) is 0 Å². The number of aromatic nitrogens is 5. The molecule has 0 aliphatic rings. The van der Waals surface area contributed by atoms with Gasteiger partial charge in [-0.15, -0.1) is 5.10 Å². The molecule has 0 spiro atoms. The average Bonchev–Trinajstić information content (AvgIpc) is 2.66. The fourth-order valence-electron chi connectivity index (χ4n) is 1.18. The van der Waals surface area contributed by atoms with Crippen LogP contribution >= 0.6 is 27.7 Å². The van der Waals surface area contributed by atoms with Crippen LogP contribution in [0.4, 0.5) is 0 Å². The van der Waals surface area contributed by atoms with Gasteiger partial charge in [-0.2, -0.15) is 0 Å². The van der Waals surface area contributed by atoms with Gasteiger partial charge in [0.05, 0.1) is 6.33 Å². The quantitative estimate of drug-likeness (QED) is 0.807. The van der Waals surface area contributed by atoms with Crippen LogP contribution in [0.15, 0.2) is 30.6 Å². The van der Waals surface area contributed by atoms with Gasteiger partial charge in [-0.25, -0.2) is 14.9 Å². The summed E-state index contributed by atoms with van der Waals surface area (Å²) in [6, 6.07) is 0. The normalized spacial score (nSPS) is 10.7. The monoisotopic (exact) mass is 317 g/mol. The van der Waals surface area contributed by atoms with Crippen molar-refractivity contribution in [3.8, 4) is 0 Å². The van der Waals surface area contributed by atoms with Crippen LogP contribution in [0.3, 0.4) is 0 Å². The Morgan fingerprint density at radius 2 is 2.29 bits per heavy atom. The predicted octanol–water partition coefficient (Wildman–Crippen LogP) is 0.588. The highest BCUT2D eigenvalue weighted by atomic mass is 79.9. The summed E-state index contributed by atoms with van der Waals surface area (Å²) in [6.45, 7) is 2.33. The van der Waals surface area contributed by atoms with Gasteiger partial charge in [-0.3, -0.25) is 9.36 Å². The Balaban J connectivity index is 2.41. The second-order valence-electron chi connectivity index (χ2n) is 3.01. The van der Waals surface area contributed by atoms with E-state index in [1.54, 1.807) is 0 Å². The summed E-state index contributed by atoms with van der Waals surface area (Å²) in [4.78, 5) is 29.1. The Hall–Kier alpha value is -1.35. The molecule has 0 fully saturated rings. The zero-order valence-electron chi connectivity index (χ0n) is 8.73. The van der Waals surface area contributed by atoms with E-state index in [2.05, 4.69) is 36.1 Å². The SMILES string of the molecule is CCn1c(Sc2nc[nH]c(=O)c2Br)n[nH]c1=O. The fourth-order valence-corrected chi connectivity index (χ4v) is 2.52. The molecule has 0 aliphatic carbocycles. The first-order chi connectivity index (χ1) is 8.13. The number of halogens is 1. The first kappa shape index (κ1) is 12.1. The fraction of sp³-hybridized carbons (Fsp3) is 0.250. The third-order valence-electron chi connectivity index (χ3n) is 1.99. The van der Waals surface area contributed by atoms with Crippen molar-refractivity contribution in [3.05, 3.63) is 31.6 Å². The van der Waals surface area contributed by atoms with E-state index < -0.39 is 0 Å². The molecule has 9 heteroatoms. The molecule has 0 amide bonds. The lowest BCUT2D eigenvalue weighted by atomic mass is 10.7. The van der Waals surface area contributed by atoms with Gasteiger partial charge in [0.1, 0.15) is 9.50 Å². The van der Waals surface area contributed by atoms with Crippen LogP contribution < -0.4 is 11.2 Å². The molecule has 2 rings (SSSR count). The Bertz CT molecular complexity index is 646. The average molecular weight is 318 g/mol. The van der Waals surface area contributed by atoms with Crippen LogP contribution in [0.1, 0.15) is 6.92 Å². The maximum absolute atomic E-state index is 11.3. The highest BCUT2D eigenvalue weighted by molar-refractivity contribution is 9.10. The minimum absolute atomic E-state index is 0.275. The van der Waals surface area contributed by atoms with Gasteiger partial charge < -0.3 is 4.98 Å². The molecule has 0 atom stereocenters. The van der Waals surface area contributed by atoms with Crippen molar-refractivity contribution >= 4 is 27.7 Å². The van der Waals surface area contributed by atoms with E-state index in [0.29, 0.717) is 21.2 Å². The summed E-state index contributed by atoms with van der Waals surface area (Å²) in [5.74, 6) is 0. The molecule has 2 aromatic rings. The number of aromatic amines is 2. The van der Waals surface area contributed by atoms with E-state index >= 15 is 0 Å². The third kappa shape index (κ3) is 2.34. The highest BCUT2D eigenvalue weighted by Crippen LogP contribution is 2.26. The van der Waals surface area contributed by atoms with Crippen LogP contribution in [0.2, 0.25) is 0 Å². The number of H-pyrrole nitrogens is 2. The van der Waals surface area contributed by atoms with Crippen LogP contribution in [-0.4, -0.2) is 24.7 Å². The van der Waals surface area contributed by atoms with E-state index in [1.807, 2.05) is 6.92 Å². The smallest absolute Gasteiger partial charge is 0.312 e. The maximum atomic E-state index is 11.3. The van der Waals surface area contributed by atoms with E-state index in [4.69, 9.17) is 0 Å². The van der Waals surface area contributed by atoms with Gasteiger partial charge >= 0.3 is 5.69 Å². The zero-order chi connectivity index (χ0) is 12.4. The van der Waals surface area contributed by atoms with E-state index in [9.17, 15) is 9.59 Å². The molecule has 2 N–H and O–H groups in total. The molecule has 0 unspecified atom stereocenters. The van der Waals surface area contributed by atoms with Crippen molar-refractivity contribution in [2.75, 3.05) is 0 Å². The summed E-state index contributed by atoms with van der Waals surface area (Å²) in [6.07, 6.45) is 1.30.